The Morgan fingerprint density at radius 3 is 2.84 bits per heavy atom. The minimum absolute atomic E-state index is 0.328. The highest BCUT2D eigenvalue weighted by atomic mass is 16.2. The van der Waals surface area contributed by atoms with Crippen LogP contribution in [-0.4, -0.2) is 15.5 Å². The van der Waals surface area contributed by atoms with Gasteiger partial charge in [0.1, 0.15) is 5.69 Å². The number of carbonyl (C=O) groups is 1. The number of nitrogens with zero attached hydrogens (tertiary/aromatic N) is 2. The van der Waals surface area contributed by atoms with Crippen LogP contribution in [-0.2, 0) is 6.54 Å². The Morgan fingerprint density at radius 1 is 1.32 bits per heavy atom. The van der Waals surface area contributed by atoms with Gasteiger partial charge < -0.3 is 4.57 Å². The van der Waals surface area contributed by atoms with Crippen molar-refractivity contribution in [3.8, 4) is 0 Å². The van der Waals surface area contributed by atoms with Gasteiger partial charge in [0.25, 0.3) is 5.91 Å². The average molecular weight is 254 g/mol. The van der Waals surface area contributed by atoms with Crippen LogP contribution in [0.3, 0.4) is 0 Å². The van der Waals surface area contributed by atoms with E-state index in [9.17, 15) is 4.79 Å². The summed E-state index contributed by atoms with van der Waals surface area (Å²) in [4.78, 5) is 15.7. The minimum Gasteiger partial charge on any atom is -0.339 e. The summed E-state index contributed by atoms with van der Waals surface area (Å²) >= 11 is 0. The first-order valence-corrected chi connectivity index (χ1v) is 6.14. The Morgan fingerprint density at radius 2 is 2.11 bits per heavy atom. The van der Waals surface area contributed by atoms with Crippen LogP contribution >= 0.6 is 0 Å². The molecule has 5 nitrogen and oxygen atoms in total. The molecule has 0 fully saturated rings. The molecule has 3 rings (SSSR count). The van der Waals surface area contributed by atoms with Crippen molar-refractivity contribution in [3.63, 3.8) is 0 Å². The summed E-state index contributed by atoms with van der Waals surface area (Å²) in [6.07, 6.45) is 1.73. The van der Waals surface area contributed by atoms with Gasteiger partial charge in [0.2, 0.25) is 0 Å². The molecule has 19 heavy (non-hydrogen) atoms. The predicted octanol–water partition coefficient (Wildman–Crippen LogP) is 1.81. The lowest BCUT2D eigenvalue weighted by Crippen LogP contribution is -2.30. The molecule has 0 spiro atoms. The molecule has 3 N–H and O–H groups in total. The van der Waals surface area contributed by atoms with E-state index in [4.69, 9.17) is 5.84 Å². The fourth-order valence-electron chi connectivity index (χ4n) is 2.48. The fraction of sp³-hybridized carbons (Fsp3) is 0.143. The molecule has 1 aromatic carbocycles. The SMILES string of the molecule is CCn1c2ccccc2c2cc(C(=O)NN)ncc21. The van der Waals surface area contributed by atoms with Crippen molar-refractivity contribution in [1.29, 1.82) is 0 Å². The van der Waals surface area contributed by atoms with Crippen molar-refractivity contribution in [2.24, 2.45) is 5.84 Å². The zero-order valence-electron chi connectivity index (χ0n) is 10.6. The highest BCUT2D eigenvalue weighted by Gasteiger charge is 2.12. The number of hydrogen-bond acceptors (Lipinski definition) is 3. The number of fused-ring (bicyclic) bond motifs is 3. The lowest BCUT2D eigenvalue weighted by Gasteiger charge is -2.03. The number of aryl methyl sites for hydroxylation is 1. The lowest BCUT2D eigenvalue weighted by atomic mass is 10.1. The van der Waals surface area contributed by atoms with E-state index in [2.05, 4.69) is 28.0 Å². The van der Waals surface area contributed by atoms with Crippen LogP contribution in [0.2, 0.25) is 0 Å². The van der Waals surface area contributed by atoms with Crippen LogP contribution < -0.4 is 11.3 Å². The molecule has 0 atom stereocenters. The molecular weight excluding hydrogens is 240 g/mol. The number of amides is 1. The molecule has 0 aliphatic rings. The summed E-state index contributed by atoms with van der Waals surface area (Å²) in [7, 11) is 0. The first kappa shape index (κ1) is 11.7. The maximum absolute atomic E-state index is 11.6. The normalized spacial score (nSPS) is 11.1. The highest BCUT2D eigenvalue weighted by Crippen LogP contribution is 2.28. The molecule has 2 aromatic heterocycles. The molecule has 96 valence electrons. The summed E-state index contributed by atoms with van der Waals surface area (Å²) in [5.74, 6) is 4.77. The van der Waals surface area contributed by atoms with Gasteiger partial charge in [-0.2, -0.15) is 0 Å². The molecule has 0 saturated heterocycles. The van der Waals surface area contributed by atoms with Gasteiger partial charge in [0.05, 0.1) is 11.7 Å². The van der Waals surface area contributed by atoms with E-state index in [1.807, 2.05) is 18.2 Å². The zero-order valence-corrected chi connectivity index (χ0v) is 10.6. The van der Waals surface area contributed by atoms with E-state index in [-0.39, 0.29) is 5.91 Å². The van der Waals surface area contributed by atoms with E-state index < -0.39 is 0 Å². The Kier molecular flexibility index (Phi) is 2.68. The van der Waals surface area contributed by atoms with Gasteiger partial charge in [0, 0.05) is 22.8 Å². The second-order valence-corrected chi connectivity index (χ2v) is 4.32. The van der Waals surface area contributed by atoms with Crippen molar-refractivity contribution in [1.82, 2.24) is 15.0 Å². The summed E-state index contributed by atoms with van der Waals surface area (Å²) in [6, 6.07) is 9.90. The molecule has 0 radical (unpaired) electrons. The number of nitrogens with two attached hydrogens (primary N) is 1. The number of hydrazine groups is 1. The number of pyridine rings is 1. The monoisotopic (exact) mass is 254 g/mol. The Balaban J connectivity index is 2.39. The van der Waals surface area contributed by atoms with Crippen molar-refractivity contribution >= 4 is 27.7 Å². The minimum atomic E-state index is -0.379. The molecule has 1 amide bonds. The smallest absolute Gasteiger partial charge is 0.283 e. The number of nitrogens with one attached hydrogen (secondary N) is 1. The third kappa shape index (κ3) is 1.67. The summed E-state index contributed by atoms with van der Waals surface area (Å²) in [6.45, 7) is 2.94. The molecule has 2 heterocycles. The van der Waals surface area contributed by atoms with E-state index in [0.29, 0.717) is 5.69 Å². The summed E-state index contributed by atoms with van der Waals surface area (Å²) in [5, 5.41) is 2.14. The number of carbonyl (C=O) groups excluding carboxylic acids is 1. The third-order valence-corrected chi connectivity index (χ3v) is 3.34. The van der Waals surface area contributed by atoms with E-state index in [1.54, 1.807) is 12.3 Å². The van der Waals surface area contributed by atoms with Crippen LogP contribution in [0.1, 0.15) is 17.4 Å². The Bertz CT molecular complexity index is 776. The first-order valence-electron chi connectivity index (χ1n) is 6.14. The maximum atomic E-state index is 11.6. The highest BCUT2D eigenvalue weighted by molar-refractivity contribution is 6.09. The van der Waals surface area contributed by atoms with E-state index >= 15 is 0 Å². The molecule has 3 aromatic rings. The average Bonchev–Trinajstić information content (AvgIpc) is 2.79. The fourth-order valence-corrected chi connectivity index (χ4v) is 2.48. The number of nitrogen functional groups attached to an aromatic ring is 1. The maximum Gasteiger partial charge on any atom is 0.283 e. The Hall–Kier alpha value is -2.40. The number of rotatable bonds is 2. The van der Waals surface area contributed by atoms with Crippen LogP contribution in [0.5, 0.6) is 0 Å². The number of aromatic nitrogens is 2. The van der Waals surface area contributed by atoms with Crippen LogP contribution in [0.15, 0.2) is 36.5 Å². The third-order valence-electron chi connectivity index (χ3n) is 3.34. The molecule has 0 saturated carbocycles. The zero-order chi connectivity index (χ0) is 13.4. The number of hydrogen-bond donors (Lipinski definition) is 2. The van der Waals surface area contributed by atoms with Gasteiger partial charge in [-0.25, -0.2) is 10.8 Å². The first-order chi connectivity index (χ1) is 9.26. The van der Waals surface area contributed by atoms with Gasteiger partial charge in [-0.1, -0.05) is 18.2 Å². The number of benzene rings is 1. The second-order valence-electron chi connectivity index (χ2n) is 4.32. The van der Waals surface area contributed by atoms with Gasteiger partial charge in [0.15, 0.2) is 0 Å². The largest absolute Gasteiger partial charge is 0.339 e. The van der Waals surface area contributed by atoms with Crippen molar-refractivity contribution in [3.05, 3.63) is 42.2 Å². The number of para-hydroxylation sites is 1. The Labute approximate surface area is 110 Å². The molecule has 0 bridgehead atoms. The van der Waals surface area contributed by atoms with Gasteiger partial charge in [-0.3, -0.25) is 10.2 Å². The molecular formula is C14H14N4O. The molecule has 0 aliphatic carbocycles. The van der Waals surface area contributed by atoms with Crippen molar-refractivity contribution in [2.45, 2.75) is 13.5 Å². The second kappa shape index (κ2) is 4.37. The van der Waals surface area contributed by atoms with Crippen molar-refractivity contribution < 1.29 is 4.79 Å². The van der Waals surface area contributed by atoms with Gasteiger partial charge in [-0.05, 0) is 19.1 Å². The summed E-state index contributed by atoms with van der Waals surface area (Å²) < 4.78 is 2.18. The van der Waals surface area contributed by atoms with E-state index in [0.717, 1.165) is 28.4 Å². The quantitative estimate of drug-likeness (QED) is 0.416. The van der Waals surface area contributed by atoms with Gasteiger partial charge >= 0.3 is 0 Å². The standard InChI is InChI=1S/C14H14N4O/c1-2-18-12-6-4-3-5-9(12)10-7-11(14(19)17-15)16-8-13(10)18/h3-8H,2,15H2,1H3,(H,17,19). The van der Waals surface area contributed by atoms with Crippen LogP contribution in [0.4, 0.5) is 0 Å². The van der Waals surface area contributed by atoms with E-state index in [1.165, 1.54) is 0 Å². The molecule has 5 heteroatoms. The van der Waals surface area contributed by atoms with Gasteiger partial charge in [-0.15, -0.1) is 0 Å². The molecule has 0 aliphatic heterocycles. The predicted molar refractivity (Wildman–Crippen MR) is 74.6 cm³/mol. The van der Waals surface area contributed by atoms with Crippen LogP contribution in [0, 0.1) is 0 Å². The van der Waals surface area contributed by atoms with Crippen molar-refractivity contribution in [2.75, 3.05) is 0 Å². The van der Waals surface area contributed by atoms with Crippen LogP contribution in [0.25, 0.3) is 21.8 Å². The molecule has 0 unspecified atom stereocenters. The lowest BCUT2D eigenvalue weighted by molar-refractivity contribution is 0.0949. The summed E-state index contributed by atoms with van der Waals surface area (Å²) in [5.41, 5.74) is 4.61. The topological polar surface area (TPSA) is 72.9 Å².